The lowest BCUT2D eigenvalue weighted by molar-refractivity contribution is 0.174. The first-order valence-electron chi connectivity index (χ1n) is 7.49. The predicted octanol–water partition coefficient (Wildman–Crippen LogP) is 2.44. The van der Waals surface area contributed by atoms with Gasteiger partial charge in [0.15, 0.2) is 0 Å². The Labute approximate surface area is 126 Å². The Hall–Kier alpha value is -1.65. The van der Waals surface area contributed by atoms with E-state index < -0.39 is 6.10 Å². The second-order valence-electron chi connectivity index (χ2n) is 6.01. The van der Waals surface area contributed by atoms with Gasteiger partial charge in [-0.3, -0.25) is 4.68 Å². The van der Waals surface area contributed by atoms with Crippen LogP contribution in [0.15, 0.2) is 36.7 Å². The lowest BCUT2D eigenvalue weighted by atomic mass is 10.0. The van der Waals surface area contributed by atoms with Crippen molar-refractivity contribution >= 4 is 0 Å². The van der Waals surface area contributed by atoms with Gasteiger partial charge in [-0.25, -0.2) is 0 Å². The van der Waals surface area contributed by atoms with Crippen molar-refractivity contribution in [3.05, 3.63) is 53.3 Å². The summed E-state index contributed by atoms with van der Waals surface area (Å²) in [6, 6.07) is 8.27. The smallest absolute Gasteiger partial charge is 0.0914 e. The Bertz CT molecular complexity index is 545. The lowest BCUT2D eigenvalue weighted by Crippen LogP contribution is -2.20. The van der Waals surface area contributed by atoms with Gasteiger partial charge in [-0.05, 0) is 23.5 Å². The van der Waals surface area contributed by atoms with Crippen LogP contribution in [0.1, 0.15) is 36.6 Å². The van der Waals surface area contributed by atoms with Crippen LogP contribution < -0.4 is 5.32 Å². The van der Waals surface area contributed by atoms with E-state index in [4.69, 9.17) is 0 Å². The molecular weight excluding hydrogens is 262 g/mol. The molecule has 0 fully saturated rings. The number of aryl methyl sites for hydroxylation is 1. The van der Waals surface area contributed by atoms with Crippen LogP contribution in [0.4, 0.5) is 0 Å². The zero-order valence-electron chi connectivity index (χ0n) is 13.1. The quantitative estimate of drug-likeness (QED) is 0.822. The monoisotopic (exact) mass is 287 g/mol. The van der Waals surface area contributed by atoms with E-state index in [0.717, 1.165) is 24.1 Å². The second kappa shape index (κ2) is 7.38. The van der Waals surface area contributed by atoms with Gasteiger partial charge >= 0.3 is 0 Å². The minimum Gasteiger partial charge on any atom is -0.387 e. The molecule has 4 nitrogen and oxygen atoms in total. The first kappa shape index (κ1) is 15.7. The molecule has 0 aliphatic rings. The van der Waals surface area contributed by atoms with E-state index in [-0.39, 0.29) is 0 Å². The van der Waals surface area contributed by atoms with Gasteiger partial charge in [0.05, 0.1) is 12.3 Å². The topological polar surface area (TPSA) is 50.1 Å². The largest absolute Gasteiger partial charge is 0.387 e. The zero-order valence-corrected chi connectivity index (χ0v) is 13.1. The van der Waals surface area contributed by atoms with Crippen LogP contribution in [-0.2, 0) is 20.0 Å². The summed E-state index contributed by atoms with van der Waals surface area (Å²) < 4.78 is 1.78. The highest BCUT2D eigenvalue weighted by Crippen LogP contribution is 2.15. The zero-order chi connectivity index (χ0) is 15.2. The Morgan fingerprint density at radius 1 is 1.19 bits per heavy atom. The van der Waals surface area contributed by atoms with Gasteiger partial charge in [0, 0.05) is 31.9 Å². The predicted molar refractivity (Wildman–Crippen MR) is 84.9 cm³/mol. The highest BCUT2D eigenvalue weighted by atomic mass is 16.3. The summed E-state index contributed by atoms with van der Waals surface area (Å²) in [6.07, 6.45) is 4.41. The van der Waals surface area contributed by atoms with Crippen molar-refractivity contribution in [2.24, 2.45) is 13.0 Å². The van der Waals surface area contributed by atoms with Crippen molar-refractivity contribution in [1.82, 2.24) is 15.1 Å². The Morgan fingerprint density at radius 2 is 1.90 bits per heavy atom. The summed E-state index contributed by atoms with van der Waals surface area (Å²) in [6.45, 7) is 5.69. The third kappa shape index (κ3) is 4.99. The molecule has 0 aliphatic heterocycles. The van der Waals surface area contributed by atoms with E-state index in [0.29, 0.717) is 12.5 Å². The number of aromatic nitrogens is 2. The maximum absolute atomic E-state index is 10.2. The van der Waals surface area contributed by atoms with Crippen LogP contribution in [0.3, 0.4) is 0 Å². The first-order valence-corrected chi connectivity index (χ1v) is 7.49. The number of aliphatic hydroxyl groups is 1. The fraction of sp³-hybridized carbons (Fsp3) is 0.471. The van der Waals surface area contributed by atoms with Crippen LogP contribution >= 0.6 is 0 Å². The number of rotatable bonds is 7. The minimum absolute atomic E-state index is 0.477. The Kier molecular flexibility index (Phi) is 5.53. The molecule has 1 unspecified atom stereocenters. The van der Waals surface area contributed by atoms with Crippen LogP contribution in [0.5, 0.6) is 0 Å². The lowest BCUT2D eigenvalue weighted by Gasteiger charge is -2.13. The number of aliphatic hydroxyl groups excluding tert-OH is 1. The fourth-order valence-electron chi connectivity index (χ4n) is 2.38. The van der Waals surface area contributed by atoms with Gasteiger partial charge in [-0.15, -0.1) is 0 Å². The van der Waals surface area contributed by atoms with Gasteiger partial charge in [-0.2, -0.15) is 5.10 Å². The van der Waals surface area contributed by atoms with Crippen LogP contribution in [0, 0.1) is 5.92 Å². The second-order valence-corrected chi connectivity index (χ2v) is 6.01. The molecular formula is C17H25N3O. The molecule has 1 aromatic carbocycles. The van der Waals surface area contributed by atoms with Gasteiger partial charge < -0.3 is 10.4 Å². The number of nitrogens with one attached hydrogen (secondary N) is 1. The molecule has 0 amide bonds. The fourth-order valence-corrected chi connectivity index (χ4v) is 2.38. The molecule has 2 aromatic rings. The highest BCUT2D eigenvalue weighted by Gasteiger charge is 2.07. The Balaban J connectivity index is 1.81. The number of nitrogens with zero attached hydrogens (tertiary/aromatic N) is 2. The van der Waals surface area contributed by atoms with Crippen molar-refractivity contribution < 1.29 is 5.11 Å². The van der Waals surface area contributed by atoms with Gasteiger partial charge in [0.1, 0.15) is 0 Å². The normalized spacial score (nSPS) is 12.8. The molecule has 1 aromatic heterocycles. The number of benzene rings is 1. The van der Waals surface area contributed by atoms with Crippen LogP contribution in [0.25, 0.3) is 0 Å². The molecule has 0 saturated heterocycles. The van der Waals surface area contributed by atoms with Crippen LogP contribution in [0.2, 0.25) is 0 Å². The summed E-state index contributed by atoms with van der Waals surface area (Å²) in [5.41, 5.74) is 3.41. The third-order valence-electron chi connectivity index (χ3n) is 3.43. The third-order valence-corrected chi connectivity index (χ3v) is 3.43. The van der Waals surface area contributed by atoms with Gasteiger partial charge in [0.25, 0.3) is 0 Å². The molecule has 21 heavy (non-hydrogen) atoms. The average Bonchev–Trinajstić information content (AvgIpc) is 2.84. The summed E-state index contributed by atoms with van der Waals surface area (Å²) in [5, 5.41) is 17.6. The van der Waals surface area contributed by atoms with Crippen molar-refractivity contribution in [3.8, 4) is 0 Å². The highest BCUT2D eigenvalue weighted by molar-refractivity contribution is 5.24. The van der Waals surface area contributed by atoms with E-state index in [9.17, 15) is 5.11 Å². The van der Waals surface area contributed by atoms with Crippen molar-refractivity contribution in [2.45, 2.75) is 32.9 Å². The molecule has 0 aliphatic carbocycles. The molecule has 4 heteroatoms. The van der Waals surface area contributed by atoms with E-state index in [1.807, 2.05) is 31.6 Å². The van der Waals surface area contributed by atoms with Crippen molar-refractivity contribution in [2.75, 3.05) is 6.54 Å². The van der Waals surface area contributed by atoms with Crippen molar-refractivity contribution in [1.29, 1.82) is 0 Å². The molecule has 0 bridgehead atoms. The van der Waals surface area contributed by atoms with E-state index in [2.05, 4.69) is 36.4 Å². The average molecular weight is 287 g/mol. The standard InChI is InChI=1S/C17H25N3O/c1-13(2)8-14-4-6-16(7-5-14)17(21)11-18-9-15-10-19-20(3)12-15/h4-7,10,12-13,17-18,21H,8-9,11H2,1-3H3. The minimum atomic E-state index is -0.477. The molecule has 2 N–H and O–H groups in total. The van der Waals surface area contributed by atoms with E-state index >= 15 is 0 Å². The molecule has 0 saturated carbocycles. The van der Waals surface area contributed by atoms with Gasteiger partial charge in [-0.1, -0.05) is 38.1 Å². The molecule has 1 atom stereocenters. The molecule has 2 rings (SSSR count). The maximum Gasteiger partial charge on any atom is 0.0914 e. The SMILES string of the molecule is CC(C)Cc1ccc(C(O)CNCc2cnn(C)c2)cc1. The molecule has 1 heterocycles. The van der Waals surface area contributed by atoms with Crippen molar-refractivity contribution in [3.63, 3.8) is 0 Å². The van der Waals surface area contributed by atoms with E-state index in [1.165, 1.54) is 5.56 Å². The summed E-state index contributed by atoms with van der Waals surface area (Å²) in [4.78, 5) is 0. The Morgan fingerprint density at radius 3 is 2.48 bits per heavy atom. The summed E-state index contributed by atoms with van der Waals surface area (Å²) in [5.74, 6) is 0.655. The molecule has 0 radical (unpaired) electrons. The maximum atomic E-state index is 10.2. The van der Waals surface area contributed by atoms with Gasteiger partial charge in [0.2, 0.25) is 0 Å². The number of hydrogen-bond donors (Lipinski definition) is 2. The first-order chi connectivity index (χ1) is 10.0. The molecule has 0 spiro atoms. The van der Waals surface area contributed by atoms with Crippen LogP contribution in [-0.4, -0.2) is 21.4 Å². The van der Waals surface area contributed by atoms with E-state index in [1.54, 1.807) is 4.68 Å². The number of hydrogen-bond acceptors (Lipinski definition) is 3. The summed E-state index contributed by atoms with van der Waals surface area (Å²) in [7, 11) is 1.90. The summed E-state index contributed by atoms with van der Waals surface area (Å²) >= 11 is 0. The molecule has 114 valence electrons.